The van der Waals surface area contributed by atoms with Crippen LogP contribution in [0.1, 0.15) is 43.7 Å². The molecule has 0 aliphatic rings. The maximum absolute atomic E-state index is 6.05. The highest BCUT2D eigenvalue weighted by atomic mass is 16.5. The first-order valence-corrected chi connectivity index (χ1v) is 7.35. The molecule has 0 spiro atoms. The fourth-order valence-corrected chi connectivity index (χ4v) is 2.60. The van der Waals surface area contributed by atoms with E-state index < -0.39 is 0 Å². The van der Waals surface area contributed by atoms with Gasteiger partial charge in [-0.05, 0) is 36.8 Å². The largest absolute Gasteiger partial charge is 0.493 e. The van der Waals surface area contributed by atoms with Gasteiger partial charge in [0.05, 0.1) is 6.61 Å². The summed E-state index contributed by atoms with van der Waals surface area (Å²) in [5, 5.41) is 2.55. The molecule has 2 aromatic rings. The second-order valence-electron chi connectivity index (χ2n) is 5.29. The van der Waals surface area contributed by atoms with E-state index in [-0.39, 0.29) is 0 Å². The highest BCUT2D eigenvalue weighted by molar-refractivity contribution is 5.92. The van der Waals surface area contributed by atoms with Gasteiger partial charge in [-0.1, -0.05) is 56.5 Å². The zero-order valence-corrected chi connectivity index (χ0v) is 12.3. The Morgan fingerprint density at radius 1 is 0.895 bits per heavy atom. The first kappa shape index (κ1) is 13.9. The van der Waals surface area contributed by atoms with Gasteiger partial charge in [0.1, 0.15) is 5.75 Å². The molecule has 0 radical (unpaired) electrons. The van der Waals surface area contributed by atoms with E-state index in [4.69, 9.17) is 4.74 Å². The van der Waals surface area contributed by atoms with Gasteiger partial charge in [0.15, 0.2) is 0 Å². The molecular weight excluding hydrogens is 232 g/mol. The summed E-state index contributed by atoms with van der Waals surface area (Å²) in [6.45, 7) is 7.37. The zero-order valence-electron chi connectivity index (χ0n) is 12.3. The Hall–Kier alpha value is -1.50. The van der Waals surface area contributed by atoms with Crippen molar-refractivity contribution in [2.45, 2.75) is 46.5 Å². The van der Waals surface area contributed by atoms with E-state index in [1.807, 2.05) is 0 Å². The van der Waals surface area contributed by atoms with Crippen LogP contribution in [0.2, 0.25) is 0 Å². The molecule has 0 atom stereocenters. The van der Waals surface area contributed by atoms with Crippen molar-refractivity contribution in [1.29, 1.82) is 0 Å². The molecule has 2 aromatic carbocycles. The van der Waals surface area contributed by atoms with Gasteiger partial charge in [-0.3, -0.25) is 0 Å². The van der Waals surface area contributed by atoms with Gasteiger partial charge >= 0.3 is 0 Å². The monoisotopic (exact) mass is 256 g/mol. The van der Waals surface area contributed by atoms with Crippen LogP contribution in [0, 0.1) is 13.8 Å². The summed E-state index contributed by atoms with van der Waals surface area (Å²) in [5.74, 6) is 1.07. The van der Waals surface area contributed by atoms with Gasteiger partial charge < -0.3 is 4.74 Å². The van der Waals surface area contributed by atoms with E-state index in [9.17, 15) is 0 Å². The topological polar surface area (TPSA) is 9.23 Å². The lowest BCUT2D eigenvalue weighted by molar-refractivity contribution is 0.306. The van der Waals surface area contributed by atoms with E-state index in [0.717, 1.165) is 18.8 Å². The predicted molar refractivity (Wildman–Crippen MR) is 83.1 cm³/mol. The van der Waals surface area contributed by atoms with Crippen LogP contribution in [-0.2, 0) is 0 Å². The summed E-state index contributed by atoms with van der Waals surface area (Å²) >= 11 is 0. The molecule has 19 heavy (non-hydrogen) atoms. The molecule has 1 nitrogen and oxygen atoms in total. The molecule has 0 bridgehead atoms. The summed E-state index contributed by atoms with van der Waals surface area (Å²) in [7, 11) is 0. The average Bonchev–Trinajstić information content (AvgIpc) is 2.42. The standard InChI is InChI=1S/C18H24O/c1-4-5-6-9-12-19-18-15(3)13-14(2)16-10-7-8-11-17(16)18/h7-8,10-11,13H,4-6,9,12H2,1-3H3. The molecule has 0 saturated heterocycles. The van der Waals surface area contributed by atoms with Crippen LogP contribution < -0.4 is 4.74 Å². The van der Waals surface area contributed by atoms with E-state index in [1.54, 1.807) is 0 Å². The van der Waals surface area contributed by atoms with Gasteiger partial charge in [-0.25, -0.2) is 0 Å². The van der Waals surface area contributed by atoms with Crippen molar-refractivity contribution in [3.63, 3.8) is 0 Å². The zero-order chi connectivity index (χ0) is 13.7. The molecule has 1 heteroatoms. The molecule has 0 fully saturated rings. The van der Waals surface area contributed by atoms with Gasteiger partial charge in [0, 0.05) is 5.39 Å². The Morgan fingerprint density at radius 3 is 2.37 bits per heavy atom. The van der Waals surface area contributed by atoms with E-state index in [0.29, 0.717) is 0 Å². The maximum Gasteiger partial charge on any atom is 0.130 e. The lowest BCUT2D eigenvalue weighted by Crippen LogP contribution is -2.00. The Bertz CT molecular complexity index is 543. The molecule has 0 aliphatic heterocycles. The van der Waals surface area contributed by atoms with Crippen LogP contribution in [0.5, 0.6) is 5.75 Å². The quantitative estimate of drug-likeness (QED) is 0.627. The summed E-state index contributed by atoms with van der Waals surface area (Å²) < 4.78 is 6.05. The number of ether oxygens (including phenoxy) is 1. The van der Waals surface area contributed by atoms with E-state index >= 15 is 0 Å². The summed E-state index contributed by atoms with van der Waals surface area (Å²) in [6.07, 6.45) is 4.98. The number of aryl methyl sites for hydroxylation is 2. The molecule has 0 unspecified atom stereocenters. The van der Waals surface area contributed by atoms with Crippen molar-refractivity contribution in [3.8, 4) is 5.75 Å². The van der Waals surface area contributed by atoms with E-state index in [1.165, 1.54) is 41.2 Å². The van der Waals surface area contributed by atoms with Crippen LogP contribution in [0.3, 0.4) is 0 Å². The van der Waals surface area contributed by atoms with Gasteiger partial charge in [0.2, 0.25) is 0 Å². The Labute approximate surface area is 116 Å². The number of fused-ring (bicyclic) bond motifs is 1. The third kappa shape index (κ3) is 3.28. The number of unbranched alkanes of at least 4 members (excludes halogenated alkanes) is 3. The smallest absolute Gasteiger partial charge is 0.130 e. The Balaban J connectivity index is 2.18. The fraction of sp³-hybridized carbons (Fsp3) is 0.444. The normalized spacial score (nSPS) is 10.9. The molecular formula is C18H24O. The molecule has 0 amide bonds. The molecule has 0 saturated carbocycles. The third-order valence-electron chi connectivity index (χ3n) is 3.63. The minimum Gasteiger partial charge on any atom is -0.493 e. The second-order valence-corrected chi connectivity index (χ2v) is 5.29. The summed E-state index contributed by atoms with van der Waals surface area (Å²) in [6, 6.07) is 10.7. The van der Waals surface area contributed by atoms with Crippen molar-refractivity contribution in [1.82, 2.24) is 0 Å². The van der Waals surface area contributed by atoms with Gasteiger partial charge in [-0.15, -0.1) is 0 Å². The number of hydrogen-bond donors (Lipinski definition) is 0. The number of benzene rings is 2. The Morgan fingerprint density at radius 2 is 1.63 bits per heavy atom. The lowest BCUT2D eigenvalue weighted by atomic mass is 10.0. The first-order valence-electron chi connectivity index (χ1n) is 7.35. The van der Waals surface area contributed by atoms with Crippen LogP contribution in [0.25, 0.3) is 10.8 Å². The third-order valence-corrected chi connectivity index (χ3v) is 3.63. The molecule has 2 rings (SSSR count). The predicted octanol–water partition coefficient (Wildman–Crippen LogP) is 5.42. The number of hydrogen-bond acceptors (Lipinski definition) is 1. The van der Waals surface area contributed by atoms with Crippen molar-refractivity contribution >= 4 is 10.8 Å². The molecule has 102 valence electrons. The Kier molecular flexibility index (Phi) is 4.84. The highest BCUT2D eigenvalue weighted by Crippen LogP contribution is 2.32. The van der Waals surface area contributed by atoms with Crippen LogP contribution in [0.15, 0.2) is 30.3 Å². The fourth-order valence-electron chi connectivity index (χ4n) is 2.60. The van der Waals surface area contributed by atoms with Crippen LogP contribution in [-0.4, -0.2) is 6.61 Å². The second kappa shape index (κ2) is 6.60. The minimum atomic E-state index is 0.827. The summed E-state index contributed by atoms with van der Waals surface area (Å²) in [5.41, 5.74) is 2.57. The number of rotatable bonds is 6. The van der Waals surface area contributed by atoms with Gasteiger partial charge in [-0.2, -0.15) is 0 Å². The van der Waals surface area contributed by atoms with Crippen molar-refractivity contribution < 1.29 is 4.74 Å². The first-order chi connectivity index (χ1) is 9.24. The molecule has 0 N–H and O–H groups in total. The van der Waals surface area contributed by atoms with Gasteiger partial charge in [0.25, 0.3) is 0 Å². The minimum absolute atomic E-state index is 0.827. The highest BCUT2D eigenvalue weighted by Gasteiger charge is 2.08. The maximum atomic E-state index is 6.05. The lowest BCUT2D eigenvalue weighted by Gasteiger charge is -2.14. The average molecular weight is 256 g/mol. The summed E-state index contributed by atoms with van der Waals surface area (Å²) in [4.78, 5) is 0. The molecule has 0 heterocycles. The van der Waals surface area contributed by atoms with Crippen molar-refractivity contribution in [2.75, 3.05) is 6.61 Å². The van der Waals surface area contributed by atoms with Crippen molar-refractivity contribution in [3.05, 3.63) is 41.5 Å². The molecule has 0 aromatic heterocycles. The van der Waals surface area contributed by atoms with E-state index in [2.05, 4.69) is 51.1 Å². The van der Waals surface area contributed by atoms with Crippen LogP contribution >= 0.6 is 0 Å². The van der Waals surface area contributed by atoms with Crippen molar-refractivity contribution in [2.24, 2.45) is 0 Å². The molecule has 0 aliphatic carbocycles. The SMILES string of the molecule is CCCCCCOc1c(C)cc(C)c2ccccc12. The van der Waals surface area contributed by atoms with Crippen LogP contribution in [0.4, 0.5) is 0 Å².